The van der Waals surface area contributed by atoms with Crippen LogP contribution in [0.3, 0.4) is 0 Å². The summed E-state index contributed by atoms with van der Waals surface area (Å²) in [7, 11) is 1.88. The standard InChI is InChI=1S/C13H16N4O2/c1-17-7-3-5-11(17)9-16-13(19)12(18)15-8-10-4-2-6-14-10/h2-7,14H,8-9H2,1H3,(H,15,18)(H,16,19). The number of carbonyl (C=O) groups excluding carboxylic acids is 2. The van der Waals surface area contributed by atoms with Crippen molar-refractivity contribution in [3.63, 3.8) is 0 Å². The summed E-state index contributed by atoms with van der Waals surface area (Å²) in [5.74, 6) is -1.27. The first-order chi connectivity index (χ1) is 9.16. The number of H-pyrrole nitrogens is 1. The highest BCUT2D eigenvalue weighted by atomic mass is 16.2. The molecule has 0 aliphatic heterocycles. The lowest BCUT2D eigenvalue weighted by Crippen LogP contribution is -2.39. The summed E-state index contributed by atoms with van der Waals surface area (Å²) in [6.07, 6.45) is 3.64. The third-order valence-electron chi connectivity index (χ3n) is 2.79. The van der Waals surface area contributed by atoms with Crippen LogP contribution in [0.25, 0.3) is 0 Å². The van der Waals surface area contributed by atoms with Crippen molar-refractivity contribution in [1.82, 2.24) is 20.2 Å². The Morgan fingerprint density at radius 1 is 1.16 bits per heavy atom. The molecule has 0 atom stereocenters. The maximum absolute atomic E-state index is 11.6. The Labute approximate surface area is 110 Å². The van der Waals surface area contributed by atoms with Crippen molar-refractivity contribution in [3.8, 4) is 0 Å². The summed E-state index contributed by atoms with van der Waals surface area (Å²) in [6, 6.07) is 7.43. The number of aromatic amines is 1. The van der Waals surface area contributed by atoms with E-state index in [-0.39, 0.29) is 0 Å². The Bertz CT molecular complexity index is 557. The van der Waals surface area contributed by atoms with E-state index in [1.165, 1.54) is 0 Å². The van der Waals surface area contributed by atoms with Gasteiger partial charge < -0.3 is 20.2 Å². The quantitative estimate of drug-likeness (QED) is 0.691. The number of hydrogen-bond acceptors (Lipinski definition) is 2. The molecule has 100 valence electrons. The van der Waals surface area contributed by atoms with Crippen LogP contribution in [0.15, 0.2) is 36.7 Å². The van der Waals surface area contributed by atoms with Gasteiger partial charge in [0, 0.05) is 30.8 Å². The van der Waals surface area contributed by atoms with Crippen LogP contribution in [-0.2, 0) is 29.7 Å². The summed E-state index contributed by atoms with van der Waals surface area (Å²) in [5, 5.41) is 5.11. The fourth-order valence-electron chi connectivity index (χ4n) is 1.66. The highest BCUT2D eigenvalue weighted by molar-refractivity contribution is 6.35. The second kappa shape index (κ2) is 5.90. The number of nitrogens with one attached hydrogen (secondary N) is 3. The molecule has 0 fully saturated rings. The Balaban J connectivity index is 1.76. The molecule has 2 aromatic rings. The van der Waals surface area contributed by atoms with Crippen molar-refractivity contribution in [2.75, 3.05) is 0 Å². The number of aromatic nitrogens is 2. The fourth-order valence-corrected chi connectivity index (χ4v) is 1.66. The summed E-state index contributed by atoms with van der Waals surface area (Å²) in [6.45, 7) is 0.641. The molecule has 2 amide bonds. The van der Waals surface area contributed by atoms with Gasteiger partial charge in [-0.1, -0.05) is 0 Å². The molecule has 0 radical (unpaired) electrons. The lowest BCUT2D eigenvalue weighted by Gasteiger charge is -2.06. The van der Waals surface area contributed by atoms with E-state index < -0.39 is 11.8 Å². The van der Waals surface area contributed by atoms with E-state index in [9.17, 15) is 9.59 Å². The van der Waals surface area contributed by atoms with Gasteiger partial charge in [0.25, 0.3) is 0 Å². The molecule has 0 aliphatic rings. The predicted molar refractivity (Wildman–Crippen MR) is 69.9 cm³/mol. The molecular weight excluding hydrogens is 244 g/mol. The van der Waals surface area contributed by atoms with E-state index in [0.717, 1.165) is 11.4 Å². The lowest BCUT2D eigenvalue weighted by molar-refractivity contribution is -0.139. The van der Waals surface area contributed by atoms with Crippen molar-refractivity contribution in [2.24, 2.45) is 7.05 Å². The Kier molecular flexibility index (Phi) is 4.02. The van der Waals surface area contributed by atoms with Gasteiger partial charge in [0.05, 0.1) is 13.1 Å². The maximum Gasteiger partial charge on any atom is 0.309 e. The van der Waals surface area contributed by atoms with Crippen molar-refractivity contribution in [1.29, 1.82) is 0 Å². The Morgan fingerprint density at radius 3 is 2.47 bits per heavy atom. The first-order valence-corrected chi connectivity index (χ1v) is 5.95. The molecule has 2 rings (SSSR count). The highest BCUT2D eigenvalue weighted by Gasteiger charge is 2.13. The molecule has 0 aromatic carbocycles. The monoisotopic (exact) mass is 260 g/mol. The molecule has 3 N–H and O–H groups in total. The molecule has 19 heavy (non-hydrogen) atoms. The van der Waals surface area contributed by atoms with Gasteiger partial charge in [-0.3, -0.25) is 9.59 Å². The summed E-state index contributed by atoms with van der Waals surface area (Å²) in [5.41, 5.74) is 1.79. The van der Waals surface area contributed by atoms with Crippen LogP contribution < -0.4 is 10.6 Å². The van der Waals surface area contributed by atoms with Gasteiger partial charge in [0.1, 0.15) is 0 Å². The van der Waals surface area contributed by atoms with Gasteiger partial charge >= 0.3 is 11.8 Å². The van der Waals surface area contributed by atoms with Crippen molar-refractivity contribution in [2.45, 2.75) is 13.1 Å². The van der Waals surface area contributed by atoms with Crippen LogP contribution in [0.4, 0.5) is 0 Å². The van der Waals surface area contributed by atoms with Crippen LogP contribution >= 0.6 is 0 Å². The fraction of sp³-hybridized carbons (Fsp3) is 0.231. The minimum absolute atomic E-state index is 0.309. The number of amides is 2. The summed E-state index contributed by atoms with van der Waals surface area (Å²) < 4.78 is 1.89. The topological polar surface area (TPSA) is 78.9 Å². The molecule has 0 saturated carbocycles. The van der Waals surface area contributed by atoms with Gasteiger partial charge in [-0.15, -0.1) is 0 Å². The van der Waals surface area contributed by atoms with E-state index in [1.54, 1.807) is 6.20 Å². The maximum atomic E-state index is 11.6. The minimum Gasteiger partial charge on any atom is -0.364 e. The molecule has 2 heterocycles. The third kappa shape index (κ3) is 3.48. The average Bonchev–Trinajstić information content (AvgIpc) is 3.04. The zero-order valence-electron chi connectivity index (χ0n) is 10.6. The SMILES string of the molecule is Cn1cccc1CNC(=O)C(=O)NCc1ccc[nH]1. The number of aryl methyl sites for hydroxylation is 1. The Hall–Kier alpha value is -2.50. The molecule has 0 unspecified atom stereocenters. The van der Waals surface area contributed by atoms with Crippen LogP contribution in [0.5, 0.6) is 0 Å². The second-order valence-electron chi connectivity index (χ2n) is 4.17. The first kappa shape index (κ1) is 12.9. The highest BCUT2D eigenvalue weighted by Crippen LogP contribution is 1.98. The van der Waals surface area contributed by atoms with Gasteiger partial charge in [-0.2, -0.15) is 0 Å². The summed E-state index contributed by atoms with van der Waals surface area (Å²) >= 11 is 0. The molecule has 0 bridgehead atoms. The number of nitrogens with zero attached hydrogens (tertiary/aromatic N) is 1. The van der Waals surface area contributed by atoms with Crippen LogP contribution in [0.1, 0.15) is 11.4 Å². The summed E-state index contributed by atoms with van der Waals surface area (Å²) in [4.78, 5) is 26.0. The molecule has 0 spiro atoms. The average molecular weight is 260 g/mol. The van der Waals surface area contributed by atoms with E-state index in [1.807, 2.05) is 42.1 Å². The predicted octanol–water partition coefficient (Wildman–Crippen LogP) is 0.286. The molecule has 0 saturated heterocycles. The zero-order valence-corrected chi connectivity index (χ0v) is 10.6. The largest absolute Gasteiger partial charge is 0.364 e. The van der Waals surface area contributed by atoms with E-state index in [4.69, 9.17) is 0 Å². The first-order valence-electron chi connectivity index (χ1n) is 5.95. The Morgan fingerprint density at radius 2 is 1.89 bits per heavy atom. The number of hydrogen-bond donors (Lipinski definition) is 3. The molecule has 0 aliphatic carbocycles. The van der Waals surface area contributed by atoms with Gasteiger partial charge in [0.2, 0.25) is 0 Å². The third-order valence-corrected chi connectivity index (χ3v) is 2.79. The minimum atomic E-state index is -0.635. The van der Waals surface area contributed by atoms with Crippen molar-refractivity contribution < 1.29 is 9.59 Å². The van der Waals surface area contributed by atoms with Crippen LogP contribution in [-0.4, -0.2) is 21.4 Å². The van der Waals surface area contributed by atoms with Crippen molar-refractivity contribution >= 4 is 11.8 Å². The van der Waals surface area contributed by atoms with Gasteiger partial charge in [0.15, 0.2) is 0 Å². The molecule has 6 heteroatoms. The number of carbonyl (C=O) groups is 2. The van der Waals surface area contributed by atoms with E-state index in [2.05, 4.69) is 15.6 Å². The molecule has 6 nitrogen and oxygen atoms in total. The van der Waals surface area contributed by atoms with Gasteiger partial charge in [-0.25, -0.2) is 0 Å². The van der Waals surface area contributed by atoms with Crippen LogP contribution in [0.2, 0.25) is 0 Å². The van der Waals surface area contributed by atoms with Crippen LogP contribution in [0, 0.1) is 0 Å². The van der Waals surface area contributed by atoms with E-state index >= 15 is 0 Å². The normalized spacial score (nSPS) is 10.2. The zero-order chi connectivity index (χ0) is 13.7. The number of rotatable bonds is 4. The second-order valence-corrected chi connectivity index (χ2v) is 4.17. The smallest absolute Gasteiger partial charge is 0.309 e. The molecule has 2 aromatic heterocycles. The van der Waals surface area contributed by atoms with Crippen molar-refractivity contribution in [3.05, 3.63) is 48.0 Å². The van der Waals surface area contributed by atoms with E-state index in [0.29, 0.717) is 13.1 Å². The van der Waals surface area contributed by atoms with Gasteiger partial charge in [-0.05, 0) is 24.3 Å². The lowest BCUT2D eigenvalue weighted by atomic mass is 10.4. The molecular formula is C13H16N4O2.